The van der Waals surface area contributed by atoms with Gasteiger partial charge in [-0.2, -0.15) is 18.3 Å². The normalized spacial score (nSPS) is 16.9. The van der Waals surface area contributed by atoms with Gasteiger partial charge in [-0.25, -0.2) is 8.42 Å². The highest BCUT2D eigenvalue weighted by Crippen LogP contribution is 2.31. The number of alkyl halides is 3. The number of rotatable bonds is 5. The summed E-state index contributed by atoms with van der Waals surface area (Å²) >= 11 is 5.44. The highest BCUT2D eigenvalue weighted by atomic mass is 35.5. The molecule has 160 valence electrons. The van der Waals surface area contributed by atoms with Crippen LogP contribution in [-0.2, 0) is 16.0 Å². The molecule has 30 heavy (non-hydrogen) atoms. The SMILES string of the molecule is CCS(=O)(=O)c1cc(C(=O)Cl)cnc1C1NN=C(c2cc(C(F)(F)F)ccn2)N1C. The van der Waals surface area contributed by atoms with Crippen molar-refractivity contribution in [2.24, 2.45) is 5.10 Å². The third kappa shape index (κ3) is 4.10. The number of pyridine rings is 2. The van der Waals surface area contributed by atoms with Crippen LogP contribution in [0.4, 0.5) is 13.2 Å². The van der Waals surface area contributed by atoms with Crippen molar-refractivity contribution in [2.75, 3.05) is 12.8 Å². The summed E-state index contributed by atoms with van der Waals surface area (Å²) in [6.07, 6.45) is -3.36. The summed E-state index contributed by atoms with van der Waals surface area (Å²) < 4.78 is 64.1. The van der Waals surface area contributed by atoms with E-state index in [0.717, 1.165) is 30.6 Å². The molecule has 1 N–H and O–H groups in total. The smallest absolute Gasteiger partial charge is 0.330 e. The number of nitrogens with zero attached hydrogens (tertiary/aromatic N) is 4. The lowest BCUT2D eigenvalue weighted by Crippen LogP contribution is -2.32. The van der Waals surface area contributed by atoms with Crippen molar-refractivity contribution in [1.29, 1.82) is 0 Å². The molecular weight excluding hydrogens is 447 g/mol. The van der Waals surface area contributed by atoms with Gasteiger partial charge >= 0.3 is 6.18 Å². The molecule has 0 aromatic carbocycles. The molecule has 0 radical (unpaired) electrons. The van der Waals surface area contributed by atoms with Gasteiger partial charge in [-0.3, -0.25) is 20.2 Å². The first kappa shape index (κ1) is 22.0. The Labute approximate surface area is 174 Å². The first-order valence-corrected chi connectivity index (χ1v) is 10.5. The van der Waals surface area contributed by atoms with Crippen LogP contribution in [0.25, 0.3) is 0 Å². The fourth-order valence-electron chi connectivity index (χ4n) is 2.79. The van der Waals surface area contributed by atoms with Crippen LogP contribution in [0.1, 0.15) is 40.4 Å². The number of hydrazone groups is 1. The van der Waals surface area contributed by atoms with Gasteiger partial charge in [-0.1, -0.05) is 6.92 Å². The molecule has 0 saturated carbocycles. The highest BCUT2D eigenvalue weighted by molar-refractivity contribution is 7.91. The van der Waals surface area contributed by atoms with Crippen LogP contribution in [0.15, 0.2) is 40.6 Å². The van der Waals surface area contributed by atoms with Crippen molar-refractivity contribution in [2.45, 2.75) is 24.2 Å². The van der Waals surface area contributed by atoms with E-state index >= 15 is 0 Å². The van der Waals surface area contributed by atoms with Gasteiger partial charge < -0.3 is 4.90 Å². The van der Waals surface area contributed by atoms with Crippen LogP contribution in [-0.4, -0.2) is 47.2 Å². The van der Waals surface area contributed by atoms with Gasteiger partial charge in [0.15, 0.2) is 21.8 Å². The van der Waals surface area contributed by atoms with Crippen molar-refractivity contribution >= 4 is 32.5 Å². The summed E-state index contributed by atoms with van der Waals surface area (Å²) in [6.45, 7) is 1.43. The van der Waals surface area contributed by atoms with Crippen molar-refractivity contribution in [3.63, 3.8) is 0 Å². The van der Waals surface area contributed by atoms with Crippen LogP contribution < -0.4 is 5.43 Å². The summed E-state index contributed by atoms with van der Waals surface area (Å²) in [7, 11) is -2.31. The lowest BCUT2D eigenvalue weighted by Gasteiger charge is -2.24. The average molecular weight is 462 g/mol. The van der Waals surface area contributed by atoms with Crippen LogP contribution in [0, 0.1) is 0 Å². The van der Waals surface area contributed by atoms with Crippen LogP contribution in [0.5, 0.6) is 0 Å². The molecule has 0 aliphatic carbocycles. The quantitative estimate of drug-likeness (QED) is 0.682. The first-order valence-electron chi connectivity index (χ1n) is 8.48. The third-order valence-electron chi connectivity index (χ3n) is 4.41. The number of sulfone groups is 1. The maximum atomic E-state index is 13.0. The molecule has 2 aromatic rings. The second kappa shape index (κ2) is 7.84. The Morgan fingerprint density at radius 2 is 2.00 bits per heavy atom. The zero-order valence-corrected chi connectivity index (χ0v) is 17.2. The Kier molecular flexibility index (Phi) is 5.74. The fourth-order valence-corrected chi connectivity index (χ4v) is 4.00. The van der Waals surface area contributed by atoms with Gasteiger partial charge in [-0.05, 0) is 29.8 Å². The average Bonchev–Trinajstić information content (AvgIpc) is 3.08. The van der Waals surface area contributed by atoms with Crippen LogP contribution in [0.3, 0.4) is 0 Å². The lowest BCUT2D eigenvalue weighted by atomic mass is 10.2. The Balaban J connectivity index is 2.02. The number of halogens is 4. The number of hydrogen-bond acceptors (Lipinski definition) is 8. The van der Waals surface area contributed by atoms with Gasteiger partial charge in [-0.15, -0.1) is 0 Å². The monoisotopic (exact) mass is 461 g/mol. The standard InChI is InChI=1S/C17H15ClF3N5O3S/c1-3-30(28,29)12-6-9(14(18)27)8-23-13(12)16-25-24-15(26(16)2)11-7-10(4-5-22-11)17(19,20)21/h4-8,16,25H,3H2,1-2H3. The predicted molar refractivity (Wildman–Crippen MR) is 102 cm³/mol. The van der Waals surface area contributed by atoms with E-state index in [1.54, 1.807) is 0 Å². The van der Waals surface area contributed by atoms with Crippen LogP contribution in [0.2, 0.25) is 0 Å². The second-order valence-corrected chi connectivity index (χ2v) is 8.88. The number of aromatic nitrogens is 2. The van der Waals surface area contributed by atoms with Crippen molar-refractivity contribution in [3.05, 3.63) is 53.1 Å². The highest BCUT2D eigenvalue weighted by Gasteiger charge is 2.35. The van der Waals surface area contributed by atoms with E-state index in [4.69, 9.17) is 11.6 Å². The minimum Gasteiger partial charge on any atom is -0.330 e. The molecule has 8 nitrogen and oxygen atoms in total. The second-order valence-electron chi connectivity index (χ2n) is 6.29. The Bertz CT molecular complexity index is 1140. The molecule has 1 unspecified atom stereocenters. The van der Waals surface area contributed by atoms with Gasteiger partial charge in [0.25, 0.3) is 5.24 Å². The van der Waals surface area contributed by atoms with Crippen molar-refractivity contribution in [1.82, 2.24) is 20.3 Å². The summed E-state index contributed by atoms with van der Waals surface area (Å²) in [5.74, 6) is -0.203. The molecular formula is C17H15ClF3N5O3S. The summed E-state index contributed by atoms with van der Waals surface area (Å²) in [5.41, 5.74) is 1.62. The molecule has 0 spiro atoms. The Morgan fingerprint density at radius 1 is 1.30 bits per heavy atom. The predicted octanol–water partition coefficient (Wildman–Crippen LogP) is 2.56. The van der Waals surface area contributed by atoms with E-state index in [0.29, 0.717) is 0 Å². The summed E-state index contributed by atoms with van der Waals surface area (Å²) in [6, 6.07) is 2.79. The van der Waals surface area contributed by atoms with Crippen LogP contribution >= 0.6 is 11.6 Å². The van der Waals surface area contributed by atoms with E-state index in [1.807, 2.05) is 0 Å². The minimum atomic E-state index is -4.56. The van der Waals surface area contributed by atoms with E-state index in [9.17, 15) is 26.4 Å². The maximum Gasteiger partial charge on any atom is 0.416 e. The number of carbonyl (C=O) groups is 1. The minimum absolute atomic E-state index is 0.0201. The molecule has 0 amide bonds. The molecule has 3 rings (SSSR count). The molecule has 0 fully saturated rings. The maximum absolute atomic E-state index is 13.0. The van der Waals surface area contributed by atoms with E-state index in [1.165, 1.54) is 18.9 Å². The molecule has 1 atom stereocenters. The summed E-state index contributed by atoms with van der Waals surface area (Å²) in [4.78, 5) is 20.6. The molecule has 1 aliphatic heterocycles. The molecule has 0 saturated heterocycles. The van der Waals surface area contributed by atoms with Gasteiger partial charge in [0.2, 0.25) is 0 Å². The molecule has 13 heteroatoms. The largest absolute Gasteiger partial charge is 0.416 e. The van der Waals surface area contributed by atoms with E-state index < -0.39 is 33.0 Å². The van der Waals surface area contributed by atoms with Gasteiger partial charge in [0.05, 0.1) is 21.8 Å². The van der Waals surface area contributed by atoms with Gasteiger partial charge in [0.1, 0.15) is 11.4 Å². The molecule has 2 aromatic heterocycles. The molecule has 0 bridgehead atoms. The zero-order chi connectivity index (χ0) is 22.3. The third-order valence-corrected chi connectivity index (χ3v) is 6.39. The summed E-state index contributed by atoms with van der Waals surface area (Å²) in [5, 5.41) is 3.13. The Morgan fingerprint density at radius 3 is 2.60 bits per heavy atom. The lowest BCUT2D eigenvalue weighted by molar-refractivity contribution is -0.137. The Hall–Kier alpha value is -2.73. The van der Waals surface area contributed by atoms with Crippen molar-refractivity contribution in [3.8, 4) is 0 Å². The fraction of sp³-hybridized carbons (Fsp3) is 0.294. The molecule has 1 aliphatic rings. The van der Waals surface area contributed by atoms with E-state index in [-0.39, 0.29) is 33.4 Å². The van der Waals surface area contributed by atoms with Crippen molar-refractivity contribution < 1.29 is 26.4 Å². The van der Waals surface area contributed by atoms with E-state index in [2.05, 4.69) is 20.5 Å². The number of nitrogens with one attached hydrogen (secondary N) is 1. The zero-order valence-electron chi connectivity index (χ0n) is 15.6. The number of amidine groups is 1. The number of hydrogen-bond donors (Lipinski definition) is 1. The van der Waals surface area contributed by atoms with Gasteiger partial charge in [0, 0.05) is 19.4 Å². The number of carbonyl (C=O) groups excluding carboxylic acids is 1. The first-order chi connectivity index (χ1) is 14.0. The molecule has 3 heterocycles. The topological polar surface area (TPSA) is 105 Å².